The minimum atomic E-state index is -0.591. The molecule has 1 aliphatic heterocycles. The van der Waals surface area contributed by atoms with Gasteiger partial charge in [0, 0.05) is 18.8 Å². The van der Waals surface area contributed by atoms with Gasteiger partial charge in [0.15, 0.2) is 0 Å². The van der Waals surface area contributed by atoms with Gasteiger partial charge in [-0.1, -0.05) is 38.3 Å². The Morgan fingerprint density at radius 2 is 1.78 bits per heavy atom. The van der Waals surface area contributed by atoms with E-state index in [1.807, 2.05) is 24.3 Å². The van der Waals surface area contributed by atoms with Gasteiger partial charge in [-0.15, -0.1) is 0 Å². The highest BCUT2D eigenvalue weighted by molar-refractivity contribution is 5.99. The summed E-state index contributed by atoms with van der Waals surface area (Å²) in [6.45, 7) is 6.25. The smallest absolute Gasteiger partial charge is 0.235 e. The number of amides is 1. The van der Waals surface area contributed by atoms with Crippen LogP contribution in [0.1, 0.15) is 57.4 Å². The molecule has 2 aromatic rings. The molecule has 1 heterocycles. The molecule has 2 aliphatic rings. The van der Waals surface area contributed by atoms with E-state index in [0.717, 1.165) is 74.7 Å². The van der Waals surface area contributed by atoms with Gasteiger partial charge in [-0.25, -0.2) is 4.39 Å². The van der Waals surface area contributed by atoms with Crippen LogP contribution in [0.5, 0.6) is 5.75 Å². The second-order valence-electron chi connectivity index (χ2n) is 9.52. The number of anilines is 1. The predicted octanol–water partition coefficient (Wildman–Crippen LogP) is 5.78. The summed E-state index contributed by atoms with van der Waals surface area (Å²) in [6, 6.07) is 14.1. The van der Waals surface area contributed by atoms with Gasteiger partial charge in [0.05, 0.1) is 5.41 Å². The quantitative estimate of drug-likeness (QED) is 0.596. The number of nitrogens with zero attached hydrogens (tertiary/aromatic N) is 1. The molecular formula is C27H35FN2O2. The van der Waals surface area contributed by atoms with Crippen LogP contribution in [0.3, 0.4) is 0 Å². The predicted molar refractivity (Wildman–Crippen MR) is 127 cm³/mol. The van der Waals surface area contributed by atoms with E-state index in [1.165, 1.54) is 25.0 Å². The van der Waals surface area contributed by atoms with Crippen molar-refractivity contribution in [1.82, 2.24) is 4.90 Å². The van der Waals surface area contributed by atoms with Crippen LogP contribution in [-0.4, -0.2) is 37.0 Å². The number of rotatable bonds is 7. The average Bonchev–Trinajstić information content (AvgIpc) is 2.81. The molecule has 32 heavy (non-hydrogen) atoms. The maximum absolute atomic E-state index is 13.5. The Labute approximate surface area is 191 Å². The molecule has 1 amide bonds. The van der Waals surface area contributed by atoms with Crippen LogP contribution in [0.15, 0.2) is 48.5 Å². The molecule has 5 heteroatoms. The van der Waals surface area contributed by atoms with E-state index in [9.17, 15) is 9.18 Å². The largest absolute Gasteiger partial charge is 0.492 e. The maximum Gasteiger partial charge on any atom is 0.235 e. The Kier molecular flexibility index (Phi) is 7.46. The zero-order valence-corrected chi connectivity index (χ0v) is 19.1. The van der Waals surface area contributed by atoms with E-state index >= 15 is 0 Å². The average molecular weight is 439 g/mol. The topological polar surface area (TPSA) is 41.6 Å². The van der Waals surface area contributed by atoms with Crippen LogP contribution >= 0.6 is 0 Å². The van der Waals surface area contributed by atoms with Crippen LogP contribution in [0.4, 0.5) is 10.1 Å². The number of likely N-dealkylation sites (tertiary alicyclic amines) is 1. The van der Waals surface area contributed by atoms with Gasteiger partial charge in [-0.2, -0.15) is 0 Å². The van der Waals surface area contributed by atoms with Crippen LogP contribution < -0.4 is 10.1 Å². The van der Waals surface area contributed by atoms with Gasteiger partial charge in [-0.05, 0) is 80.1 Å². The van der Waals surface area contributed by atoms with Crippen LogP contribution in [0.25, 0.3) is 0 Å². The van der Waals surface area contributed by atoms with Gasteiger partial charge >= 0.3 is 0 Å². The molecule has 2 aromatic carbocycles. The van der Waals surface area contributed by atoms with Crippen molar-refractivity contribution in [2.45, 2.75) is 57.3 Å². The van der Waals surface area contributed by atoms with Crippen molar-refractivity contribution < 1.29 is 13.9 Å². The molecule has 1 N–H and O–H groups in total. The number of piperidine rings is 1. The summed E-state index contributed by atoms with van der Waals surface area (Å²) in [5, 5.41) is 3.11. The van der Waals surface area contributed by atoms with E-state index in [0.29, 0.717) is 6.61 Å². The summed E-state index contributed by atoms with van der Waals surface area (Å²) in [5.41, 5.74) is 1.08. The SMILES string of the molecule is C[C@@H]1CCCN(CCOc2ccc(NC(=O)C3(c4ccc(F)cc4)CCCCC3)cc2)C1. The van der Waals surface area contributed by atoms with Crippen molar-refractivity contribution in [3.8, 4) is 5.75 Å². The number of halogens is 1. The van der Waals surface area contributed by atoms with Crippen molar-refractivity contribution in [1.29, 1.82) is 0 Å². The molecule has 1 atom stereocenters. The minimum absolute atomic E-state index is 0.00306. The lowest BCUT2D eigenvalue weighted by Gasteiger charge is -2.36. The number of carbonyl (C=O) groups is 1. The van der Waals surface area contributed by atoms with Gasteiger partial charge in [0.2, 0.25) is 5.91 Å². The van der Waals surface area contributed by atoms with Gasteiger partial charge in [0.25, 0.3) is 0 Å². The Morgan fingerprint density at radius 3 is 2.47 bits per heavy atom. The molecule has 1 saturated heterocycles. The monoisotopic (exact) mass is 438 g/mol. The summed E-state index contributed by atoms with van der Waals surface area (Å²) < 4.78 is 19.4. The zero-order chi connectivity index (χ0) is 22.4. The highest BCUT2D eigenvalue weighted by Crippen LogP contribution is 2.40. The highest BCUT2D eigenvalue weighted by atomic mass is 19.1. The summed E-state index contributed by atoms with van der Waals surface area (Å²) in [5.74, 6) is 1.31. The van der Waals surface area contributed by atoms with Crippen molar-refractivity contribution in [3.05, 3.63) is 59.9 Å². The number of nitrogens with one attached hydrogen (secondary N) is 1. The summed E-state index contributed by atoms with van der Waals surface area (Å²) in [7, 11) is 0. The second-order valence-corrected chi connectivity index (χ2v) is 9.52. The van der Waals surface area contributed by atoms with E-state index in [-0.39, 0.29) is 11.7 Å². The molecule has 0 spiro atoms. The third kappa shape index (κ3) is 5.50. The first-order chi connectivity index (χ1) is 15.5. The highest BCUT2D eigenvalue weighted by Gasteiger charge is 2.41. The molecular weight excluding hydrogens is 403 g/mol. The Morgan fingerprint density at radius 1 is 1.06 bits per heavy atom. The number of carbonyl (C=O) groups excluding carboxylic acids is 1. The van der Waals surface area contributed by atoms with Crippen molar-refractivity contribution in [2.75, 3.05) is 31.6 Å². The number of ether oxygens (including phenoxy) is 1. The van der Waals surface area contributed by atoms with E-state index in [4.69, 9.17) is 4.74 Å². The molecule has 172 valence electrons. The van der Waals surface area contributed by atoms with Crippen LogP contribution in [0.2, 0.25) is 0 Å². The fraction of sp³-hybridized carbons (Fsp3) is 0.519. The first-order valence-corrected chi connectivity index (χ1v) is 12.1. The van der Waals surface area contributed by atoms with Gasteiger partial charge in [0.1, 0.15) is 18.2 Å². The van der Waals surface area contributed by atoms with Crippen molar-refractivity contribution in [3.63, 3.8) is 0 Å². The molecule has 0 bridgehead atoms. The number of hydrogen-bond acceptors (Lipinski definition) is 3. The number of benzene rings is 2. The standard InChI is InChI=1S/C27H35FN2O2/c1-21-6-5-17-30(20-21)18-19-32-25-13-11-24(12-14-25)29-26(31)27(15-3-2-4-16-27)22-7-9-23(28)10-8-22/h7-14,21H,2-6,15-20H2,1H3,(H,29,31)/t21-/m1/s1. The molecule has 0 unspecified atom stereocenters. The zero-order valence-electron chi connectivity index (χ0n) is 19.1. The summed E-state index contributed by atoms with van der Waals surface area (Å²) in [6.07, 6.45) is 7.34. The van der Waals surface area contributed by atoms with Crippen molar-refractivity contribution >= 4 is 11.6 Å². The van der Waals surface area contributed by atoms with Gasteiger partial charge in [-0.3, -0.25) is 9.69 Å². The second kappa shape index (κ2) is 10.5. The molecule has 1 saturated carbocycles. The maximum atomic E-state index is 13.5. The summed E-state index contributed by atoms with van der Waals surface area (Å²) in [4.78, 5) is 15.9. The Bertz CT molecular complexity index is 876. The third-order valence-corrected chi connectivity index (χ3v) is 7.07. The molecule has 0 aromatic heterocycles. The number of hydrogen-bond donors (Lipinski definition) is 1. The molecule has 4 nitrogen and oxygen atoms in total. The van der Waals surface area contributed by atoms with E-state index in [2.05, 4.69) is 17.1 Å². The minimum Gasteiger partial charge on any atom is -0.492 e. The molecule has 1 aliphatic carbocycles. The molecule has 0 radical (unpaired) electrons. The first-order valence-electron chi connectivity index (χ1n) is 12.1. The molecule has 2 fully saturated rings. The lowest BCUT2D eigenvalue weighted by Crippen LogP contribution is -2.42. The Hall–Kier alpha value is -2.40. The van der Waals surface area contributed by atoms with Crippen molar-refractivity contribution in [2.24, 2.45) is 5.92 Å². The summed E-state index contributed by atoms with van der Waals surface area (Å²) >= 11 is 0. The normalized spacial score (nSPS) is 21.1. The van der Waals surface area contributed by atoms with Crippen LogP contribution in [0, 0.1) is 11.7 Å². The fourth-order valence-electron chi connectivity index (χ4n) is 5.24. The van der Waals surface area contributed by atoms with Gasteiger partial charge < -0.3 is 10.1 Å². The lowest BCUT2D eigenvalue weighted by molar-refractivity contribution is -0.122. The van der Waals surface area contributed by atoms with E-state index in [1.54, 1.807) is 12.1 Å². The first kappa shape index (κ1) is 22.8. The van der Waals surface area contributed by atoms with E-state index < -0.39 is 5.41 Å². The fourth-order valence-corrected chi connectivity index (χ4v) is 5.24. The third-order valence-electron chi connectivity index (χ3n) is 7.07. The van der Waals surface area contributed by atoms with Crippen LogP contribution in [-0.2, 0) is 10.2 Å². The lowest BCUT2D eigenvalue weighted by atomic mass is 9.68. The Balaban J connectivity index is 1.35. The molecule has 4 rings (SSSR count).